The Balaban J connectivity index is 1.95. The monoisotopic (exact) mass is 376 g/mol. The number of fused-ring (bicyclic) bond motifs is 6. The maximum Gasteiger partial charge on any atom is 0.509 e. The first-order valence-electron chi connectivity index (χ1n) is 9.66. The summed E-state index contributed by atoms with van der Waals surface area (Å²) in [6.07, 6.45) is 0.745. The minimum Gasteiger partial charge on any atom is -0.427 e. The summed E-state index contributed by atoms with van der Waals surface area (Å²) in [7, 11) is 0. The number of ether oxygens (including phenoxy) is 3. The molecule has 6 heteroatoms. The summed E-state index contributed by atoms with van der Waals surface area (Å²) in [6, 6.07) is 0. The molecule has 0 spiro atoms. The summed E-state index contributed by atoms with van der Waals surface area (Å²) in [5.74, 6) is -0.984. The van der Waals surface area contributed by atoms with Crippen molar-refractivity contribution in [1.29, 1.82) is 0 Å². The van der Waals surface area contributed by atoms with E-state index < -0.39 is 40.9 Å². The van der Waals surface area contributed by atoms with Crippen LogP contribution in [0.1, 0.15) is 53.9 Å². The highest BCUT2D eigenvalue weighted by Gasteiger charge is 2.76. The smallest absolute Gasteiger partial charge is 0.427 e. The SMILES string of the molecule is C=C[C@@]1(C)CC(=O)[C@H]2[C@](C)(O1)[C@H]1OC(=O)O[C@H]1[C@H]1C(C)(C)CCC(=O)[C@@]12C. The Morgan fingerprint density at radius 1 is 1.07 bits per heavy atom. The highest BCUT2D eigenvalue weighted by atomic mass is 16.8. The molecule has 2 aliphatic heterocycles. The number of carbonyl (C=O) groups excluding carboxylic acids is 3. The van der Waals surface area contributed by atoms with Crippen molar-refractivity contribution in [3.8, 4) is 0 Å². The molecule has 4 rings (SSSR count). The van der Waals surface area contributed by atoms with Crippen LogP contribution in [0.2, 0.25) is 0 Å². The molecule has 148 valence electrons. The lowest BCUT2D eigenvalue weighted by Gasteiger charge is -2.64. The zero-order chi connectivity index (χ0) is 20.0. The predicted octanol–water partition coefficient (Wildman–Crippen LogP) is 3.22. The lowest BCUT2D eigenvalue weighted by molar-refractivity contribution is -0.275. The van der Waals surface area contributed by atoms with Crippen LogP contribution in [0.5, 0.6) is 0 Å². The van der Waals surface area contributed by atoms with Crippen molar-refractivity contribution in [1.82, 2.24) is 0 Å². The van der Waals surface area contributed by atoms with Gasteiger partial charge in [-0.3, -0.25) is 9.59 Å². The Morgan fingerprint density at radius 3 is 2.37 bits per heavy atom. The Labute approximate surface area is 159 Å². The standard InChI is InChI=1S/C21H28O6/c1-7-19(4)10-11(22)14-20(5)12(23)8-9-18(2,3)15(20)13-16(21(14,6)27-19)26-17(24)25-13/h7,13-16H,1,8-10H2,2-6H3/t13-,14+,15-,16-,19-,20+,21-/m0/s1. The molecule has 0 aromatic heterocycles. The molecule has 0 radical (unpaired) electrons. The summed E-state index contributed by atoms with van der Waals surface area (Å²) in [5, 5.41) is 0. The lowest BCUT2D eigenvalue weighted by atomic mass is 9.42. The molecule has 0 unspecified atom stereocenters. The zero-order valence-corrected chi connectivity index (χ0v) is 16.7. The molecule has 27 heavy (non-hydrogen) atoms. The summed E-state index contributed by atoms with van der Waals surface area (Å²) in [4.78, 5) is 38.8. The summed E-state index contributed by atoms with van der Waals surface area (Å²) < 4.78 is 17.6. The molecule has 2 saturated carbocycles. The van der Waals surface area contributed by atoms with E-state index in [2.05, 4.69) is 20.4 Å². The number of Topliss-reactive ketones (excluding diaryl/α,β-unsaturated/α-hetero) is 2. The van der Waals surface area contributed by atoms with Crippen molar-refractivity contribution in [3.05, 3.63) is 12.7 Å². The van der Waals surface area contributed by atoms with Crippen molar-refractivity contribution in [2.45, 2.75) is 77.3 Å². The van der Waals surface area contributed by atoms with Gasteiger partial charge in [-0.05, 0) is 25.7 Å². The van der Waals surface area contributed by atoms with Crippen LogP contribution in [-0.2, 0) is 23.8 Å². The van der Waals surface area contributed by atoms with Crippen molar-refractivity contribution < 1.29 is 28.6 Å². The second kappa shape index (κ2) is 5.22. The fourth-order valence-corrected chi connectivity index (χ4v) is 6.66. The Bertz CT molecular complexity index is 756. The van der Waals surface area contributed by atoms with Crippen LogP contribution in [0.25, 0.3) is 0 Å². The van der Waals surface area contributed by atoms with Crippen LogP contribution >= 0.6 is 0 Å². The largest absolute Gasteiger partial charge is 0.509 e. The molecule has 0 amide bonds. The topological polar surface area (TPSA) is 78.9 Å². The molecule has 2 aliphatic carbocycles. The van der Waals surface area contributed by atoms with Crippen LogP contribution in [0.4, 0.5) is 4.79 Å². The van der Waals surface area contributed by atoms with Crippen LogP contribution in [0.15, 0.2) is 12.7 Å². The van der Waals surface area contributed by atoms with Gasteiger partial charge in [-0.1, -0.05) is 26.8 Å². The summed E-state index contributed by atoms with van der Waals surface area (Å²) in [5.41, 5.74) is -3.27. The normalized spacial score (nSPS) is 50.8. The van der Waals surface area contributed by atoms with E-state index in [0.717, 1.165) is 0 Å². The quantitative estimate of drug-likeness (QED) is 0.516. The van der Waals surface area contributed by atoms with E-state index in [-0.39, 0.29) is 29.3 Å². The maximum absolute atomic E-state index is 13.4. The van der Waals surface area contributed by atoms with E-state index in [4.69, 9.17) is 14.2 Å². The van der Waals surface area contributed by atoms with Gasteiger partial charge >= 0.3 is 6.16 Å². The van der Waals surface area contributed by atoms with E-state index >= 15 is 0 Å². The minimum absolute atomic E-state index is 0.0360. The third-order valence-corrected chi connectivity index (χ3v) is 7.64. The Morgan fingerprint density at radius 2 is 1.74 bits per heavy atom. The Kier molecular flexibility index (Phi) is 3.61. The molecule has 4 fully saturated rings. The number of carbonyl (C=O) groups is 3. The fourth-order valence-electron chi connectivity index (χ4n) is 6.66. The van der Waals surface area contributed by atoms with Crippen LogP contribution < -0.4 is 0 Å². The molecule has 2 saturated heterocycles. The van der Waals surface area contributed by atoms with Crippen molar-refractivity contribution in [3.63, 3.8) is 0 Å². The molecule has 6 nitrogen and oxygen atoms in total. The van der Waals surface area contributed by atoms with E-state index in [9.17, 15) is 14.4 Å². The number of hydrogen-bond acceptors (Lipinski definition) is 6. The van der Waals surface area contributed by atoms with Crippen LogP contribution in [0.3, 0.4) is 0 Å². The van der Waals surface area contributed by atoms with Gasteiger partial charge in [0.1, 0.15) is 23.3 Å². The molecule has 0 N–H and O–H groups in total. The van der Waals surface area contributed by atoms with E-state index in [1.165, 1.54) is 0 Å². The third kappa shape index (κ3) is 2.19. The fraction of sp³-hybridized carbons (Fsp3) is 0.762. The molecule has 7 atom stereocenters. The van der Waals surface area contributed by atoms with Crippen molar-refractivity contribution in [2.75, 3.05) is 0 Å². The van der Waals surface area contributed by atoms with Gasteiger partial charge in [-0.2, -0.15) is 0 Å². The first-order valence-corrected chi connectivity index (χ1v) is 9.66. The van der Waals surface area contributed by atoms with Crippen molar-refractivity contribution >= 4 is 17.7 Å². The molecule has 0 bridgehead atoms. The molecular weight excluding hydrogens is 348 g/mol. The van der Waals surface area contributed by atoms with Gasteiger partial charge in [0.05, 0.1) is 11.5 Å². The maximum atomic E-state index is 13.4. The molecule has 2 heterocycles. The van der Waals surface area contributed by atoms with E-state index in [1.807, 2.05) is 6.92 Å². The van der Waals surface area contributed by atoms with Gasteiger partial charge in [0, 0.05) is 24.2 Å². The van der Waals surface area contributed by atoms with Crippen LogP contribution in [0, 0.1) is 22.7 Å². The van der Waals surface area contributed by atoms with Gasteiger partial charge in [-0.25, -0.2) is 4.79 Å². The second-order valence-electron chi connectivity index (χ2n) is 9.92. The number of rotatable bonds is 1. The zero-order valence-electron chi connectivity index (χ0n) is 16.7. The number of ketones is 2. The first kappa shape index (κ1) is 18.7. The van der Waals surface area contributed by atoms with Gasteiger partial charge in [-0.15, -0.1) is 6.58 Å². The molecular formula is C21H28O6. The molecule has 0 aromatic rings. The summed E-state index contributed by atoms with van der Waals surface area (Å²) in [6.45, 7) is 13.4. The molecule has 0 aromatic carbocycles. The first-order chi connectivity index (χ1) is 12.4. The van der Waals surface area contributed by atoms with Gasteiger partial charge in [0.2, 0.25) is 0 Å². The average Bonchev–Trinajstić information content (AvgIpc) is 2.92. The van der Waals surface area contributed by atoms with Crippen LogP contribution in [-0.4, -0.2) is 41.1 Å². The number of hydrogen-bond donors (Lipinski definition) is 0. The second-order valence-corrected chi connectivity index (χ2v) is 9.92. The van der Waals surface area contributed by atoms with Gasteiger partial charge in [0.15, 0.2) is 6.10 Å². The summed E-state index contributed by atoms with van der Waals surface area (Å²) >= 11 is 0. The van der Waals surface area contributed by atoms with E-state index in [1.54, 1.807) is 19.9 Å². The predicted molar refractivity (Wildman–Crippen MR) is 96.0 cm³/mol. The minimum atomic E-state index is -1.15. The van der Waals surface area contributed by atoms with Gasteiger partial charge < -0.3 is 14.2 Å². The Hall–Kier alpha value is -1.69. The highest BCUT2D eigenvalue weighted by Crippen LogP contribution is 2.65. The van der Waals surface area contributed by atoms with Crippen molar-refractivity contribution in [2.24, 2.45) is 22.7 Å². The van der Waals surface area contributed by atoms with Gasteiger partial charge in [0.25, 0.3) is 0 Å². The third-order valence-electron chi connectivity index (χ3n) is 7.64. The van der Waals surface area contributed by atoms with E-state index in [0.29, 0.717) is 12.8 Å². The average molecular weight is 376 g/mol. The highest BCUT2D eigenvalue weighted by molar-refractivity contribution is 5.96. The molecule has 4 aliphatic rings. The lowest BCUT2D eigenvalue weighted by Crippen LogP contribution is -2.76.